The summed E-state index contributed by atoms with van der Waals surface area (Å²) in [5.41, 5.74) is 0. The van der Waals surface area contributed by atoms with E-state index in [1.165, 1.54) is 0 Å². The van der Waals surface area contributed by atoms with E-state index in [0.29, 0.717) is 25.7 Å². The molecule has 2 rings (SSSR count). The van der Waals surface area contributed by atoms with Gasteiger partial charge in [0.25, 0.3) is 0 Å². The van der Waals surface area contributed by atoms with Crippen LogP contribution >= 0.6 is 11.6 Å². The van der Waals surface area contributed by atoms with Crippen molar-refractivity contribution in [1.82, 2.24) is 4.90 Å². The van der Waals surface area contributed by atoms with Gasteiger partial charge in [-0.15, -0.1) is 11.6 Å². The van der Waals surface area contributed by atoms with E-state index in [1.807, 2.05) is 31.2 Å². The number of benzene rings is 1. The van der Waals surface area contributed by atoms with Crippen molar-refractivity contribution >= 4 is 11.6 Å². The van der Waals surface area contributed by atoms with E-state index in [0.717, 1.165) is 31.2 Å². The smallest absolute Gasteiger partial charge is 0.161 e. The van der Waals surface area contributed by atoms with Crippen LogP contribution in [0, 0.1) is 0 Å². The van der Waals surface area contributed by atoms with Gasteiger partial charge in [0.2, 0.25) is 0 Å². The first-order chi connectivity index (χ1) is 9.85. The van der Waals surface area contributed by atoms with Gasteiger partial charge in [0.1, 0.15) is 6.61 Å². The Hall–Kier alpha value is -0.970. The summed E-state index contributed by atoms with van der Waals surface area (Å²) >= 11 is 5.95. The van der Waals surface area contributed by atoms with E-state index in [4.69, 9.17) is 25.8 Å². The SMILES string of the molecule is CCOc1ccccc1OCCN1CCOCC1CCl. The van der Waals surface area contributed by atoms with Crippen LogP contribution in [-0.4, -0.2) is 56.3 Å². The van der Waals surface area contributed by atoms with Gasteiger partial charge in [-0.2, -0.15) is 0 Å². The highest BCUT2D eigenvalue weighted by Gasteiger charge is 2.21. The molecule has 0 saturated carbocycles. The maximum absolute atomic E-state index is 5.95. The lowest BCUT2D eigenvalue weighted by Gasteiger charge is -2.34. The molecule has 0 aromatic heterocycles. The van der Waals surface area contributed by atoms with Gasteiger partial charge >= 0.3 is 0 Å². The number of hydrogen-bond donors (Lipinski definition) is 0. The Morgan fingerprint density at radius 3 is 2.75 bits per heavy atom. The molecule has 0 spiro atoms. The summed E-state index contributed by atoms with van der Waals surface area (Å²) in [5.74, 6) is 2.19. The summed E-state index contributed by atoms with van der Waals surface area (Å²) < 4.78 is 16.8. The lowest BCUT2D eigenvalue weighted by molar-refractivity contribution is -0.00397. The average molecular weight is 300 g/mol. The average Bonchev–Trinajstić information content (AvgIpc) is 2.50. The van der Waals surface area contributed by atoms with Gasteiger partial charge in [-0.1, -0.05) is 12.1 Å². The third-order valence-corrected chi connectivity index (χ3v) is 3.67. The Bertz CT molecular complexity index is 402. The summed E-state index contributed by atoms with van der Waals surface area (Å²) in [6, 6.07) is 8.05. The molecule has 1 unspecified atom stereocenters. The van der Waals surface area contributed by atoms with Crippen LogP contribution in [0.1, 0.15) is 6.92 Å². The monoisotopic (exact) mass is 299 g/mol. The number of morpholine rings is 1. The Kier molecular flexibility index (Phi) is 6.43. The molecule has 0 N–H and O–H groups in total. The highest BCUT2D eigenvalue weighted by molar-refractivity contribution is 6.18. The normalized spacial score (nSPS) is 19.8. The maximum Gasteiger partial charge on any atom is 0.161 e. The molecule has 4 nitrogen and oxygen atoms in total. The fraction of sp³-hybridized carbons (Fsp3) is 0.600. The highest BCUT2D eigenvalue weighted by Crippen LogP contribution is 2.26. The number of para-hydroxylation sites is 2. The van der Waals surface area contributed by atoms with Gasteiger partial charge < -0.3 is 14.2 Å². The van der Waals surface area contributed by atoms with Gasteiger partial charge in [0.05, 0.1) is 19.8 Å². The van der Waals surface area contributed by atoms with Crippen molar-refractivity contribution in [3.8, 4) is 11.5 Å². The Labute approximate surface area is 125 Å². The number of alkyl halides is 1. The molecule has 1 aliphatic rings. The minimum Gasteiger partial charge on any atom is -0.490 e. The third-order valence-electron chi connectivity index (χ3n) is 3.31. The molecule has 1 aromatic rings. The summed E-state index contributed by atoms with van der Waals surface area (Å²) in [6.45, 7) is 6.46. The summed E-state index contributed by atoms with van der Waals surface area (Å²) in [4.78, 5) is 2.32. The molecular weight excluding hydrogens is 278 g/mol. The number of halogens is 1. The first kappa shape index (κ1) is 15.4. The molecule has 1 aromatic carbocycles. The van der Waals surface area contributed by atoms with Crippen LogP contribution in [0.2, 0.25) is 0 Å². The molecular formula is C15H22ClNO3. The maximum atomic E-state index is 5.95. The molecule has 1 saturated heterocycles. The lowest BCUT2D eigenvalue weighted by atomic mass is 10.2. The molecule has 1 atom stereocenters. The van der Waals surface area contributed by atoms with Crippen molar-refractivity contribution < 1.29 is 14.2 Å². The van der Waals surface area contributed by atoms with E-state index >= 15 is 0 Å². The van der Waals surface area contributed by atoms with Gasteiger partial charge in [-0.05, 0) is 19.1 Å². The predicted molar refractivity (Wildman–Crippen MR) is 80.0 cm³/mol. The second kappa shape index (κ2) is 8.35. The molecule has 0 bridgehead atoms. The lowest BCUT2D eigenvalue weighted by Crippen LogP contribution is -2.48. The van der Waals surface area contributed by atoms with Crippen molar-refractivity contribution in [2.24, 2.45) is 0 Å². The zero-order valence-corrected chi connectivity index (χ0v) is 12.6. The van der Waals surface area contributed by atoms with Gasteiger partial charge in [-0.25, -0.2) is 0 Å². The van der Waals surface area contributed by atoms with Crippen LogP contribution in [0.25, 0.3) is 0 Å². The molecule has 0 amide bonds. The van der Waals surface area contributed by atoms with Crippen LogP contribution in [-0.2, 0) is 4.74 Å². The number of hydrogen-bond acceptors (Lipinski definition) is 4. The number of rotatable bonds is 7. The zero-order chi connectivity index (χ0) is 14.2. The molecule has 1 heterocycles. The Balaban J connectivity index is 1.83. The molecule has 1 aliphatic heterocycles. The van der Waals surface area contributed by atoms with Crippen LogP contribution in [0.3, 0.4) is 0 Å². The minimum atomic E-state index is 0.288. The van der Waals surface area contributed by atoms with Crippen LogP contribution in [0.15, 0.2) is 24.3 Å². The first-order valence-corrected chi connectivity index (χ1v) is 7.61. The van der Waals surface area contributed by atoms with Crippen molar-refractivity contribution in [3.63, 3.8) is 0 Å². The van der Waals surface area contributed by atoms with E-state index in [2.05, 4.69) is 4.90 Å². The summed E-state index contributed by atoms with van der Waals surface area (Å²) in [7, 11) is 0. The fourth-order valence-electron chi connectivity index (χ4n) is 2.24. The number of nitrogens with zero attached hydrogens (tertiary/aromatic N) is 1. The van der Waals surface area contributed by atoms with E-state index in [-0.39, 0.29) is 6.04 Å². The zero-order valence-electron chi connectivity index (χ0n) is 11.9. The van der Waals surface area contributed by atoms with Crippen LogP contribution in [0.4, 0.5) is 0 Å². The Morgan fingerprint density at radius 2 is 2.05 bits per heavy atom. The van der Waals surface area contributed by atoms with E-state index < -0.39 is 0 Å². The summed E-state index contributed by atoms with van der Waals surface area (Å²) in [5, 5.41) is 0. The van der Waals surface area contributed by atoms with Crippen LogP contribution in [0.5, 0.6) is 11.5 Å². The molecule has 0 aliphatic carbocycles. The molecule has 5 heteroatoms. The molecule has 1 fully saturated rings. The van der Waals surface area contributed by atoms with Crippen molar-refractivity contribution in [2.45, 2.75) is 13.0 Å². The quantitative estimate of drug-likeness (QED) is 0.724. The molecule has 0 radical (unpaired) electrons. The predicted octanol–water partition coefficient (Wildman–Crippen LogP) is 2.40. The van der Waals surface area contributed by atoms with Crippen molar-refractivity contribution in [3.05, 3.63) is 24.3 Å². The topological polar surface area (TPSA) is 30.9 Å². The third kappa shape index (κ3) is 4.27. The van der Waals surface area contributed by atoms with E-state index in [1.54, 1.807) is 0 Å². The standard InChI is InChI=1S/C15H22ClNO3/c1-2-19-14-5-3-4-6-15(14)20-10-8-17-7-9-18-12-13(17)11-16/h3-6,13H,2,7-12H2,1H3. The highest BCUT2D eigenvalue weighted by atomic mass is 35.5. The largest absolute Gasteiger partial charge is 0.490 e. The second-order valence-electron chi connectivity index (χ2n) is 4.65. The minimum absolute atomic E-state index is 0.288. The van der Waals surface area contributed by atoms with Gasteiger partial charge in [-0.3, -0.25) is 4.90 Å². The Morgan fingerprint density at radius 1 is 1.30 bits per heavy atom. The van der Waals surface area contributed by atoms with Gasteiger partial charge in [0.15, 0.2) is 11.5 Å². The molecule has 20 heavy (non-hydrogen) atoms. The van der Waals surface area contributed by atoms with Crippen molar-refractivity contribution in [1.29, 1.82) is 0 Å². The number of ether oxygens (including phenoxy) is 3. The van der Waals surface area contributed by atoms with Crippen molar-refractivity contribution in [2.75, 3.05) is 45.4 Å². The van der Waals surface area contributed by atoms with Crippen LogP contribution < -0.4 is 9.47 Å². The van der Waals surface area contributed by atoms with E-state index in [9.17, 15) is 0 Å². The second-order valence-corrected chi connectivity index (χ2v) is 4.96. The molecule has 112 valence electrons. The first-order valence-electron chi connectivity index (χ1n) is 7.07. The van der Waals surface area contributed by atoms with Gasteiger partial charge in [0, 0.05) is 25.0 Å². The fourth-order valence-corrected chi connectivity index (χ4v) is 2.53. The summed E-state index contributed by atoms with van der Waals surface area (Å²) in [6.07, 6.45) is 0.